The minimum atomic E-state index is -4.34. The van der Waals surface area contributed by atoms with Gasteiger partial charge in [-0.3, -0.25) is 0 Å². The molecule has 6 heteroatoms. The zero-order chi connectivity index (χ0) is 19.6. The molecule has 0 bridgehead atoms. The van der Waals surface area contributed by atoms with Gasteiger partial charge in [0.25, 0.3) is 0 Å². The fourth-order valence-corrected chi connectivity index (χ4v) is 4.14. The maximum Gasteiger partial charge on any atom is 0.416 e. The highest BCUT2D eigenvalue weighted by Gasteiger charge is 2.38. The molecule has 0 saturated carbocycles. The minimum Gasteiger partial charge on any atom is -0.384 e. The summed E-state index contributed by atoms with van der Waals surface area (Å²) >= 11 is 0. The van der Waals surface area contributed by atoms with Gasteiger partial charge in [-0.1, -0.05) is 30.3 Å². The quantitative estimate of drug-likeness (QED) is 0.720. The zero-order valence-electron chi connectivity index (χ0n) is 15.6. The Morgan fingerprint density at radius 3 is 2.68 bits per heavy atom. The number of halogens is 3. The van der Waals surface area contributed by atoms with E-state index in [1.807, 2.05) is 18.2 Å². The maximum absolute atomic E-state index is 13.1. The zero-order valence-corrected chi connectivity index (χ0v) is 15.6. The number of anilines is 1. The Labute approximate surface area is 163 Å². The Balaban J connectivity index is 1.37. The summed E-state index contributed by atoms with van der Waals surface area (Å²) < 4.78 is 45.7. The largest absolute Gasteiger partial charge is 0.416 e. The average Bonchev–Trinajstić information content (AvgIpc) is 2.71. The summed E-state index contributed by atoms with van der Waals surface area (Å²) in [5, 5.41) is 6.70. The lowest BCUT2D eigenvalue weighted by Crippen LogP contribution is -2.41. The molecule has 0 aromatic heterocycles. The van der Waals surface area contributed by atoms with Crippen molar-refractivity contribution in [2.45, 2.75) is 37.6 Å². The van der Waals surface area contributed by atoms with Crippen molar-refractivity contribution in [3.63, 3.8) is 0 Å². The van der Waals surface area contributed by atoms with E-state index in [1.165, 1.54) is 17.7 Å². The minimum absolute atomic E-state index is 0.0255. The smallest absolute Gasteiger partial charge is 0.384 e. The lowest BCUT2D eigenvalue weighted by molar-refractivity contribution is -0.137. The monoisotopic (exact) mass is 390 g/mol. The van der Waals surface area contributed by atoms with E-state index >= 15 is 0 Å². The van der Waals surface area contributed by atoms with E-state index in [-0.39, 0.29) is 18.1 Å². The van der Waals surface area contributed by atoms with Gasteiger partial charge < -0.3 is 15.4 Å². The van der Waals surface area contributed by atoms with Crippen LogP contribution in [0.1, 0.15) is 35.6 Å². The van der Waals surface area contributed by atoms with Crippen molar-refractivity contribution in [1.29, 1.82) is 0 Å². The van der Waals surface area contributed by atoms with Crippen molar-refractivity contribution in [1.82, 2.24) is 5.32 Å². The Morgan fingerprint density at radius 1 is 1.07 bits per heavy atom. The third-order valence-corrected chi connectivity index (χ3v) is 5.67. The molecule has 2 aliphatic heterocycles. The fourth-order valence-electron chi connectivity index (χ4n) is 4.14. The molecule has 0 radical (unpaired) electrons. The van der Waals surface area contributed by atoms with Gasteiger partial charge in [0.15, 0.2) is 0 Å². The number of rotatable bonds is 5. The molecule has 3 unspecified atom stereocenters. The fraction of sp³-hybridized carbons (Fsp3) is 0.455. The average molecular weight is 390 g/mol. The highest BCUT2D eigenvalue weighted by atomic mass is 19.4. The van der Waals surface area contributed by atoms with Crippen LogP contribution in [0.25, 0.3) is 0 Å². The second-order valence-corrected chi connectivity index (χ2v) is 7.64. The van der Waals surface area contributed by atoms with Crippen LogP contribution in [-0.2, 0) is 17.3 Å². The molecule has 2 aromatic rings. The first kappa shape index (κ1) is 19.3. The third-order valence-electron chi connectivity index (χ3n) is 5.67. The van der Waals surface area contributed by atoms with E-state index < -0.39 is 11.7 Å². The molecule has 1 fully saturated rings. The summed E-state index contributed by atoms with van der Waals surface area (Å²) in [5.41, 5.74) is 2.07. The van der Waals surface area contributed by atoms with Crippen molar-refractivity contribution in [3.05, 3.63) is 65.2 Å². The van der Waals surface area contributed by atoms with E-state index in [0.717, 1.165) is 50.7 Å². The lowest BCUT2D eigenvalue weighted by atomic mass is 9.83. The van der Waals surface area contributed by atoms with Crippen LogP contribution in [-0.4, -0.2) is 25.7 Å². The first-order chi connectivity index (χ1) is 13.5. The summed E-state index contributed by atoms with van der Waals surface area (Å²) in [6, 6.07) is 14.2. The molecule has 3 atom stereocenters. The maximum atomic E-state index is 13.1. The molecular weight excluding hydrogens is 365 g/mol. The van der Waals surface area contributed by atoms with Gasteiger partial charge in [-0.25, -0.2) is 0 Å². The highest BCUT2D eigenvalue weighted by molar-refractivity contribution is 5.56. The predicted octanol–water partition coefficient (Wildman–Crippen LogP) is 4.80. The molecule has 28 heavy (non-hydrogen) atoms. The molecule has 0 aliphatic carbocycles. The van der Waals surface area contributed by atoms with Crippen LogP contribution < -0.4 is 10.6 Å². The molecule has 2 N–H and O–H groups in total. The Bertz CT molecular complexity index is 794. The van der Waals surface area contributed by atoms with Crippen molar-refractivity contribution in [2.24, 2.45) is 5.92 Å². The van der Waals surface area contributed by atoms with Crippen molar-refractivity contribution >= 4 is 5.69 Å². The molecule has 0 spiro atoms. The van der Waals surface area contributed by atoms with E-state index in [2.05, 4.69) is 22.8 Å². The number of hydrogen-bond donors (Lipinski definition) is 2. The van der Waals surface area contributed by atoms with Crippen molar-refractivity contribution in [3.8, 4) is 0 Å². The van der Waals surface area contributed by atoms with Crippen LogP contribution in [0, 0.1) is 5.92 Å². The van der Waals surface area contributed by atoms with E-state index in [4.69, 9.17) is 4.74 Å². The summed E-state index contributed by atoms with van der Waals surface area (Å²) in [4.78, 5) is 0. The van der Waals surface area contributed by atoms with Crippen LogP contribution >= 0.6 is 0 Å². The molecular formula is C22H25F3N2O. The van der Waals surface area contributed by atoms with E-state index in [9.17, 15) is 13.2 Å². The van der Waals surface area contributed by atoms with Gasteiger partial charge >= 0.3 is 6.18 Å². The molecule has 2 heterocycles. The predicted molar refractivity (Wildman–Crippen MR) is 103 cm³/mol. The van der Waals surface area contributed by atoms with E-state index in [0.29, 0.717) is 5.56 Å². The number of ether oxygens (including phenoxy) is 1. The van der Waals surface area contributed by atoms with Gasteiger partial charge in [0.1, 0.15) is 0 Å². The van der Waals surface area contributed by atoms with Gasteiger partial charge in [-0.05, 0) is 49.6 Å². The molecule has 2 aliphatic rings. The van der Waals surface area contributed by atoms with Crippen molar-refractivity contribution in [2.75, 3.05) is 25.0 Å². The van der Waals surface area contributed by atoms with Crippen LogP contribution in [0.3, 0.4) is 0 Å². The second-order valence-electron chi connectivity index (χ2n) is 7.64. The van der Waals surface area contributed by atoms with Gasteiger partial charge in [0.2, 0.25) is 0 Å². The third kappa shape index (κ3) is 4.33. The van der Waals surface area contributed by atoms with Crippen LogP contribution in [0.5, 0.6) is 0 Å². The molecule has 0 amide bonds. The second kappa shape index (κ2) is 8.13. The highest BCUT2D eigenvalue weighted by Crippen LogP contribution is 2.44. The van der Waals surface area contributed by atoms with Gasteiger partial charge in [-0.15, -0.1) is 0 Å². The molecule has 150 valence electrons. The number of benzene rings is 2. The molecule has 4 rings (SSSR count). The van der Waals surface area contributed by atoms with Crippen LogP contribution in [0.15, 0.2) is 48.5 Å². The normalized spacial score (nSPS) is 24.2. The number of alkyl halides is 3. The number of fused-ring (bicyclic) bond motifs is 3. The summed E-state index contributed by atoms with van der Waals surface area (Å²) in [6.45, 7) is 2.32. The van der Waals surface area contributed by atoms with Gasteiger partial charge in [0.05, 0.1) is 17.8 Å². The van der Waals surface area contributed by atoms with Crippen LogP contribution in [0.4, 0.5) is 18.9 Å². The van der Waals surface area contributed by atoms with Crippen molar-refractivity contribution < 1.29 is 17.9 Å². The lowest BCUT2D eigenvalue weighted by Gasteiger charge is -2.41. The summed E-state index contributed by atoms with van der Waals surface area (Å²) in [6.07, 6.45) is -1.75. The standard InChI is InChI=1S/C22H25F3N2O/c23-22(24,25)17-7-9-20-19(12-17)21-16(13-27-20)6-8-18(28-21)14-26-11-10-15-4-2-1-3-5-15/h1-5,7,9,12,16,18,21,26-27H,6,8,10-11,13-14H2. The first-order valence-electron chi connectivity index (χ1n) is 9.86. The first-order valence-corrected chi connectivity index (χ1v) is 9.86. The Morgan fingerprint density at radius 2 is 1.89 bits per heavy atom. The Hall–Kier alpha value is -2.05. The number of nitrogens with one attached hydrogen (secondary N) is 2. The van der Waals surface area contributed by atoms with E-state index in [1.54, 1.807) is 0 Å². The summed E-state index contributed by atoms with van der Waals surface area (Å²) in [7, 11) is 0. The molecule has 3 nitrogen and oxygen atoms in total. The van der Waals surface area contributed by atoms with Gasteiger partial charge in [0, 0.05) is 30.3 Å². The molecule has 1 saturated heterocycles. The van der Waals surface area contributed by atoms with Crippen LogP contribution in [0.2, 0.25) is 0 Å². The SMILES string of the molecule is FC(F)(F)c1ccc2c(c1)C1OC(CNCCc3ccccc3)CCC1CN2. The topological polar surface area (TPSA) is 33.3 Å². The Kier molecular flexibility index (Phi) is 5.60. The van der Waals surface area contributed by atoms with Gasteiger partial charge in [-0.2, -0.15) is 13.2 Å². The number of hydrogen-bond acceptors (Lipinski definition) is 3. The molecule has 2 aromatic carbocycles. The summed E-state index contributed by atoms with van der Waals surface area (Å²) in [5.74, 6) is 0.219.